The molecule has 0 saturated carbocycles. The van der Waals surface area contributed by atoms with Gasteiger partial charge in [0.05, 0.1) is 0 Å². The molecule has 2 heterocycles. The number of aromatic nitrogens is 1. The van der Waals surface area contributed by atoms with Crippen LogP contribution in [0.4, 0.5) is 0 Å². The van der Waals surface area contributed by atoms with E-state index in [0.29, 0.717) is 4.90 Å². The van der Waals surface area contributed by atoms with E-state index in [1.54, 1.807) is 22.7 Å². The van der Waals surface area contributed by atoms with E-state index in [0.717, 1.165) is 5.52 Å². The first-order valence-electron chi connectivity index (χ1n) is 3.43. The van der Waals surface area contributed by atoms with Crippen LogP contribution in [-0.2, 0) is 11.1 Å². The van der Waals surface area contributed by atoms with E-state index in [-0.39, 0.29) is 0 Å². The highest BCUT2D eigenvalue weighted by molar-refractivity contribution is 7.79. The van der Waals surface area contributed by atoms with Gasteiger partial charge in [-0.2, -0.15) is 0 Å². The second-order valence-electron chi connectivity index (χ2n) is 2.44. The molecule has 2 aromatic heterocycles. The Labute approximate surface area is 71.9 Å². The molecule has 1 unspecified atom stereocenters. The maximum atomic E-state index is 10.6. The molecule has 2 rings (SSSR count). The summed E-state index contributed by atoms with van der Waals surface area (Å²) in [6.07, 6.45) is 3.39. The Morgan fingerprint density at radius 3 is 2.92 bits per heavy atom. The maximum Gasteiger partial charge on any atom is 0.0450 e. The molecule has 0 radical (unpaired) electrons. The van der Waals surface area contributed by atoms with Crippen LogP contribution in [0, 0.1) is 0 Å². The van der Waals surface area contributed by atoms with Crippen molar-refractivity contribution in [1.82, 2.24) is 4.40 Å². The van der Waals surface area contributed by atoms with Gasteiger partial charge in [-0.1, -0.05) is 0 Å². The van der Waals surface area contributed by atoms with Gasteiger partial charge in [0.1, 0.15) is 0 Å². The second kappa shape index (κ2) is 2.73. The SMILES string of the molecule is O=S([O-])c1ccc2cccn2c1. The van der Waals surface area contributed by atoms with Crippen molar-refractivity contribution in [2.75, 3.05) is 0 Å². The van der Waals surface area contributed by atoms with Gasteiger partial charge in [-0.05, 0) is 35.3 Å². The van der Waals surface area contributed by atoms with Gasteiger partial charge in [-0.25, -0.2) is 0 Å². The van der Waals surface area contributed by atoms with Gasteiger partial charge in [0.25, 0.3) is 0 Å². The van der Waals surface area contributed by atoms with E-state index in [9.17, 15) is 8.76 Å². The summed E-state index contributed by atoms with van der Waals surface area (Å²) >= 11 is -2.14. The third-order valence-electron chi connectivity index (χ3n) is 1.69. The van der Waals surface area contributed by atoms with Gasteiger partial charge in [-0.15, -0.1) is 0 Å². The van der Waals surface area contributed by atoms with Crippen molar-refractivity contribution in [2.45, 2.75) is 4.90 Å². The molecule has 0 aliphatic rings. The van der Waals surface area contributed by atoms with E-state index in [2.05, 4.69) is 0 Å². The Kier molecular flexibility index (Phi) is 1.71. The van der Waals surface area contributed by atoms with E-state index in [4.69, 9.17) is 0 Å². The van der Waals surface area contributed by atoms with Crippen LogP contribution in [0.15, 0.2) is 41.6 Å². The molecule has 0 amide bonds. The molecule has 2 aromatic rings. The number of hydrogen-bond donors (Lipinski definition) is 0. The first-order valence-corrected chi connectivity index (χ1v) is 4.51. The normalized spacial score (nSPS) is 13.4. The molecule has 3 nitrogen and oxygen atoms in total. The summed E-state index contributed by atoms with van der Waals surface area (Å²) in [5, 5.41) is 0. The third kappa shape index (κ3) is 1.15. The molecular weight excluding hydrogens is 174 g/mol. The molecule has 0 aromatic carbocycles. The number of hydrogen-bond acceptors (Lipinski definition) is 2. The van der Waals surface area contributed by atoms with E-state index in [1.807, 2.05) is 18.3 Å². The van der Waals surface area contributed by atoms with Crippen LogP contribution in [0.2, 0.25) is 0 Å². The van der Waals surface area contributed by atoms with Crippen molar-refractivity contribution in [3.05, 3.63) is 36.7 Å². The third-order valence-corrected chi connectivity index (χ3v) is 2.32. The van der Waals surface area contributed by atoms with Gasteiger partial charge in [0.15, 0.2) is 0 Å². The van der Waals surface area contributed by atoms with Crippen LogP contribution >= 0.6 is 0 Å². The van der Waals surface area contributed by atoms with Crippen molar-refractivity contribution in [1.29, 1.82) is 0 Å². The van der Waals surface area contributed by atoms with Crippen molar-refractivity contribution in [3.8, 4) is 0 Å². The number of nitrogens with zero attached hydrogens (tertiary/aromatic N) is 1. The highest BCUT2D eigenvalue weighted by Gasteiger charge is 1.94. The van der Waals surface area contributed by atoms with Crippen molar-refractivity contribution in [3.63, 3.8) is 0 Å². The fourth-order valence-corrected chi connectivity index (χ4v) is 1.49. The summed E-state index contributed by atoms with van der Waals surface area (Å²) in [4.78, 5) is 0.304. The number of pyridine rings is 1. The number of fused-ring (bicyclic) bond motifs is 1. The largest absolute Gasteiger partial charge is 0.768 e. The summed E-state index contributed by atoms with van der Waals surface area (Å²) in [6.45, 7) is 0. The topological polar surface area (TPSA) is 44.5 Å². The molecule has 0 N–H and O–H groups in total. The smallest absolute Gasteiger partial charge is 0.0450 e. The summed E-state index contributed by atoms with van der Waals surface area (Å²) in [6, 6.07) is 7.13. The molecular formula is C8H6NO2S-. The second-order valence-corrected chi connectivity index (χ2v) is 3.38. The van der Waals surface area contributed by atoms with Gasteiger partial charge in [0.2, 0.25) is 0 Å². The Balaban J connectivity index is 2.68. The first kappa shape index (κ1) is 7.52. The highest BCUT2D eigenvalue weighted by atomic mass is 32.2. The van der Waals surface area contributed by atoms with Gasteiger partial charge in [-0.3, -0.25) is 4.21 Å². The molecule has 1 atom stereocenters. The molecule has 0 aliphatic carbocycles. The van der Waals surface area contributed by atoms with Crippen LogP contribution in [0.1, 0.15) is 0 Å². The van der Waals surface area contributed by atoms with Crippen molar-refractivity contribution < 1.29 is 8.76 Å². The summed E-state index contributed by atoms with van der Waals surface area (Å²) < 4.78 is 22.9. The monoisotopic (exact) mass is 180 g/mol. The minimum atomic E-state index is -2.14. The minimum Gasteiger partial charge on any atom is -0.768 e. The van der Waals surface area contributed by atoms with Gasteiger partial charge in [0, 0.05) is 22.8 Å². The van der Waals surface area contributed by atoms with Gasteiger partial charge >= 0.3 is 0 Å². The summed E-state index contributed by atoms with van der Waals surface area (Å²) in [7, 11) is 0. The lowest BCUT2D eigenvalue weighted by Gasteiger charge is -2.04. The lowest BCUT2D eigenvalue weighted by atomic mass is 10.4. The highest BCUT2D eigenvalue weighted by Crippen LogP contribution is 2.09. The zero-order valence-corrected chi connectivity index (χ0v) is 6.95. The summed E-state index contributed by atoms with van der Waals surface area (Å²) in [5.41, 5.74) is 0.990. The predicted octanol–water partition coefficient (Wildman–Crippen LogP) is 1.18. The Morgan fingerprint density at radius 1 is 1.33 bits per heavy atom. The minimum absolute atomic E-state index is 0.304. The van der Waals surface area contributed by atoms with Crippen molar-refractivity contribution in [2.24, 2.45) is 0 Å². The molecule has 62 valence electrons. The molecule has 12 heavy (non-hydrogen) atoms. The fraction of sp³-hybridized carbons (Fsp3) is 0. The molecule has 0 bridgehead atoms. The van der Waals surface area contributed by atoms with Crippen LogP contribution in [0.25, 0.3) is 5.52 Å². The first-order chi connectivity index (χ1) is 5.77. The lowest BCUT2D eigenvalue weighted by Crippen LogP contribution is -1.91. The molecule has 4 heteroatoms. The summed E-state index contributed by atoms with van der Waals surface area (Å²) in [5.74, 6) is 0. The Morgan fingerprint density at radius 2 is 2.17 bits per heavy atom. The van der Waals surface area contributed by atoms with Crippen LogP contribution < -0.4 is 0 Å². The van der Waals surface area contributed by atoms with E-state index < -0.39 is 11.1 Å². The van der Waals surface area contributed by atoms with E-state index >= 15 is 0 Å². The van der Waals surface area contributed by atoms with Crippen LogP contribution in [0.3, 0.4) is 0 Å². The quantitative estimate of drug-likeness (QED) is 0.618. The average molecular weight is 180 g/mol. The number of rotatable bonds is 1. The fourth-order valence-electron chi connectivity index (χ4n) is 1.11. The maximum absolute atomic E-state index is 10.6. The molecule has 0 spiro atoms. The van der Waals surface area contributed by atoms with Crippen LogP contribution in [0.5, 0.6) is 0 Å². The lowest BCUT2D eigenvalue weighted by molar-refractivity contribution is 0.536. The standard InChI is InChI=1S/C8H7NO2S/c10-12(11)8-4-3-7-2-1-5-9(7)6-8/h1-6H,(H,10,11)/p-1. The molecule has 0 fully saturated rings. The van der Waals surface area contributed by atoms with Crippen molar-refractivity contribution >= 4 is 16.6 Å². The molecule has 0 saturated heterocycles. The van der Waals surface area contributed by atoms with Crippen LogP contribution in [-0.4, -0.2) is 13.2 Å². The zero-order valence-electron chi connectivity index (χ0n) is 6.14. The predicted molar refractivity (Wildman–Crippen MR) is 44.6 cm³/mol. The van der Waals surface area contributed by atoms with E-state index in [1.165, 1.54) is 0 Å². The molecule has 0 aliphatic heterocycles. The average Bonchev–Trinajstić information content (AvgIpc) is 2.49. The van der Waals surface area contributed by atoms with Gasteiger partial charge < -0.3 is 8.95 Å². The Bertz CT molecular complexity index is 435. The zero-order chi connectivity index (χ0) is 8.55. The Hall–Kier alpha value is -1.13.